The highest BCUT2D eigenvalue weighted by Gasteiger charge is 2.26. The quantitative estimate of drug-likeness (QED) is 0.194. The molecule has 0 bridgehead atoms. The van der Waals surface area contributed by atoms with Crippen LogP contribution in [0.3, 0.4) is 0 Å². The zero-order valence-corrected chi connectivity index (χ0v) is 25.3. The largest absolute Gasteiger partial charge is 0.491 e. The third-order valence-corrected chi connectivity index (χ3v) is 8.08. The molecule has 0 radical (unpaired) electrons. The summed E-state index contributed by atoms with van der Waals surface area (Å²) in [6, 6.07) is 13.8. The molecule has 11 heteroatoms. The molecule has 4 aromatic heterocycles. The molecule has 1 saturated carbocycles. The van der Waals surface area contributed by atoms with Gasteiger partial charge in [-0.15, -0.1) is 5.10 Å². The summed E-state index contributed by atoms with van der Waals surface area (Å²) in [5.41, 5.74) is 4.76. The molecule has 5 aromatic rings. The van der Waals surface area contributed by atoms with Crippen LogP contribution in [0.5, 0.6) is 5.75 Å². The molecule has 0 aliphatic heterocycles. The van der Waals surface area contributed by atoms with E-state index in [2.05, 4.69) is 32.4 Å². The molecule has 1 fully saturated rings. The number of unbranched alkanes of at least 4 members (excludes halogenated alkanes) is 1. The maximum absolute atomic E-state index is 14.6. The number of ether oxygens (including phenoxy) is 1. The Morgan fingerprint density at radius 1 is 0.955 bits per heavy atom. The van der Waals surface area contributed by atoms with Crippen LogP contribution < -0.4 is 10.3 Å². The topological polar surface area (TPSA) is 126 Å². The van der Waals surface area contributed by atoms with Gasteiger partial charge >= 0.3 is 0 Å². The van der Waals surface area contributed by atoms with Gasteiger partial charge in [0, 0.05) is 29.3 Å². The fourth-order valence-electron chi connectivity index (χ4n) is 5.92. The van der Waals surface area contributed by atoms with Gasteiger partial charge in [0.1, 0.15) is 6.33 Å². The van der Waals surface area contributed by atoms with Gasteiger partial charge in [0.2, 0.25) is 0 Å². The number of para-hydroxylation sites is 1. The van der Waals surface area contributed by atoms with Crippen molar-refractivity contribution < 1.29 is 4.74 Å². The maximum atomic E-state index is 14.6. The molecule has 44 heavy (non-hydrogen) atoms. The van der Waals surface area contributed by atoms with Crippen LogP contribution in [0.4, 0.5) is 0 Å². The fraction of sp³-hybridized carbons (Fsp3) is 0.394. The van der Waals surface area contributed by atoms with E-state index in [-0.39, 0.29) is 11.6 Å². The summed E-state index contributed by atoms with van der Waals surface area (Å²) in [6.07, 6.45) is 13.1. The van der Waals surface area contributed by atoms with Crippen molar-refractivity contribution >= 4 is 0 Å². The number of aryl methyl sites for hydroxylation is 1. The van der Waals surface area contributed by atoms with Gasteiger partial charge in [-0.2, -0.15) is 4.68 Å². The maximum Gasteiger partial charge on any atom is 0.257 e. The first kappa shape index (κ1) is 29.3. The normalized spacial score (nSPS) is 13.7. The number of hydrogen-bond donors (Lipinski definition) is 0. The summed E-state index contributed by atoms with van der Waals surface area (Å²) in [4.78, 5) is 33.9. The lowest BCUT2D eigenvalue weighted by Gasteiger charge is -2.27. The molecule has 1 aliphatic rings. The van der Waals surface area contributed by atoms with E-state index in [0.717, 1.165) is 66.9 Å². The van der Waals surface area contributed by atoms with Crippen LogP contribution >= 0.6 is 0 Å². The molecular formula is C33H37N9O2. The molecule has 6 rings (SSSR count). The van der Waals surface area contributed by atoms with Gasteiger partial charge < -0.3 is 4.74 Å². The van der Waals surface area contributed by atoms with E-state index in [4.69, 9.17) is 14.7 Å². The molecule has 11 nitrogen and oxygen atoms in total. The van der Waals surface area contributed by atoms with Gasteiger partial charge in [-0.25, -0.2) is 15.0 Å². The van der Waals surface area contributed by atoms with Crippen molar-refractivity contribution in [2.75, 3.05) is 6.61 Å². The predicted octanol–water partition coefficient (Wildman–Crippen LogP) is 5.58. The molecule has 0 spiro atoms. The summed E-state index contributed by atoms with van der Waals surface area (Å²) in [6.45, 7) is 4.60. The molecule has 0 amide bonds. The van der Waals surface area contributed by atoms with Crippen molar-refractivity contribution in [2.24, 2.45) is 0 Å². The minimum atomic E-state index is -0.0215. The monoisotopic (exact) mass is 591 g/mol. The van der Waals surface area contributed by atoms with E-state index in [9.17, 15) is 4.79 Å². The second-order valence-corrected chi connectivity index (χ2v) is 11.1. The third kappa shape index (κ3) is 6.27. The second kappa shape index (κ2) is 13.7. The minimum Gasteiger partial charge on any atom is -0.491 e. The van der Waals surface area contributed by atoms with Crippen LogP contribution in [0.15, 0.2) is 66.0 Å². The molecule has 0 N–H and O–H groups in total. The van der Waals surface area contributed by atoms with Gasteiger partial charge in [-0.3, -0.25) is 14.3 Å². The third-order valence-electron chi connectivity index (χ3n) is 8.08. The van der Waals surface area contributed by atoms with Crippen LogP contribution in [0.25, 0.3) is 28.6 Å². The van der Waals surface area contributed by atoms with Crippen molar-refractivity contribution in [1.29, 1.82) is 0 Å². The molecule has 226 valence electrons. The molecule has 0 atom stereocenters. The van der Waals surface area contributed by atoms with Crippen molar-refractivity contribution in [2.45, 2.75) is 77.7 Å². The Morgan fingerprint density at radius 2 is 1.77 bits per heavy atom. The Kier molecular flexibility index (Phi) is 9.09. The van der Waals surface area contributed by atoms with Crippen molar-refractivity contribution in [1.82, 2.24) is 44.7 Å². The van der Waals surface area contributed by atoms with Gasteiger partial charge in [0.05, 0.1) is 36.1 Å². The first-order chi connectivity index (χ1) is 21.7. The average Bonchev–Trinajstić information content (AvgIpc) is 3.61. The summed E-state index contributed by atoms with van der Waals surface area (Å²) >= 11 is 0. The van der Waals surface area contributed by atoms with Gasteiger partial charge in [-0.1, -0.05) is 56.9 Å². The predicted molar refractivity (Wildman–Crippen MR) is 167 cm³/mol. The van der Waals surface area contributed by atoms with E-state index in [0.29, 0.717) is 42.4 Å². The zero-order chi connectivity index (χ0) is 30.3. The van der Waals surface area contributed by atoms with E-state index < -0.39 is 0 Å². The molecule has 0 saturated heterocycles. The van der Waals surface area contributed by atoms with Crippen LogP contribution in [0.2, 0.25) is 0 Å². The Hall–Kier alpha value is -4.80. The van der Waals surface area contributed by atoms with Crippen LogP contribution in [0.1, 0.15) is 81.8 Å². The Bertz CT molecular complexity index is 1740. The second-order valence-electron chi connectivity index (χ2n) is 11.1. The number of rotatable bonds is 11. The number of nitrogens with zero attached hydrogens (tertiary/aromatic N) is 9. The lowest BCUT2D eigenvalue weighted by molar-refractivity contribution is 0.336. The van der Waals surface area contributed by atoms with Gasteiger partial charge in [-0.05, 0) is 61.2 Å². The highest BCUT2D eigenvalue weighted by atomic mass is 16.5. The number of hydrogen-bond acceptors (Lipinski definition) is 9. The average molecular weight is 592 g/mol. The number of aromatic nitrogens is 9. The first-order valence-electron chi connectivity index (χ1n) is 15.5. The number of pyridine rings is 1. The van der Waals surface area contributed by atoms with E-state index in [1.807, 2.05) is 54.0 Å². The van der Waals surface area contributed by atoms with Crippen molar-refractivity contribution in [3.8, 4) is 34.3 Å². The lowest BCUT2D eigenvalue weighted by Crippen LogP contribution is -2.33. The zero-order valence-electron chi connectivity index (χ0n) is 25.3. The summed E-state index contributed by atoms with van der Waals surface area (Å²) in [7, 11) is 0. The molecule has 4 heterocycles. The summed E-state index contributed by atoms with van der Waals surface area (Å²) in [5.74, 6) is 1.58. The first-order valence-corrected chi connectivity index (χ1v) is 15.5. The summed E-state index contributed by atoms with van der Waals surface area (Å²) in [5, 5.41) is 11.7. The number of tetrazole rings is 1. The van der Waals surface area contributed by atoms with Crippen LogP contribution in [0, 0.1) is 0 Å². The molecule has 0 unspecified atom stereocenters. The Morgan fingerprint density at radius 3 is 2.52 bits per heavy atom. The molecule has 1 aliphatic carbocycles. The molecule has 1 aromatic carbocycles. The number of benzene rings is 1. The lowest BCUT2D eigenvalue weighted by atomic mass is 9.94. The van der Waals surface area contributed by atoms with Crippen LogP contribution in [-0.2, 0) is 12.8 Å². The van der Waals surface area contributed by atoms with Crippen LogP contribution in [-0.4, -0.2) is 51.3 Å². The van der Waals surface area contributed by atoms with Crippen molar-refractivity contribution in [3.63, 3.8) is 0 Å². The van der Waals surface area contributed by atoms with E-state index in [1.54, 1.807) is 23.4 Å². The Labute approximate surface area is 256 Å². The Balaban J connectivity index is 1.44. The van der Waals surface area contributed by atoms with E-state index in [1.165, 1.54) is 6.42 Å². The minimum absolute atomic E-state index is 0.0215. The van der Waals surface area contributed by atoms with Gasteiger partial charge in [0.25, 0.3) is 5.56 Å². The molecular weight excluding hydrogens is 554 g/mol. The highest BCUT2D eigenvalue weighted by Crippen LogP contribution is 2.31. The summed E-state index contributed by atoms with van der Waals surface area (Å²) < 4.78 is 9.06. The standard InChI is InChI=1S/C33H37N9O2/c1-3-5-16-29-27(19-23-12-11-17-28(37-23)26-15-9-10-18-30(26)41-22-36-39-40-41)33(43)42(24-13-7-6-8-14-24)32(38-29)31-34-20-25(21-35-31)44-4-2/h9-12,15,17-18,20-22,24H,3-8,13-14,16,19H2,1-2H3. The SMILES string of the molecule is CCCCc1nc(-c2ncc(OCC)cn2)n(C2CCCCC2)c(=O)c1Cc1cccc(-c2ccccc2-n2cnnn2)n1. The van der Waals surface area contributed by atoms with Gasteiger partial charge in [0.15, 0.2) is 17.4 Å². The van der Waals surface area contributed by atoms with Crippen molar-refractivity contribution in [3.05, 3.63) is 88.5 Å². The fourth-order valence-corrected chi connectivity index (χ4v) is 5.92. The smallest absolute Gasteiger partial charge is 0.257 e. The van der Waals surface area contributed by atoms with E-state index >= 15 is 0 Å². The highest BCUT2D eigenvalue weighted by molar-refractivity contribution is 5.69.